The maximum absolute atomic E-state index is 14.6. The summed E-state index contributed by atoms with van der Waals surface area (Å²) in [6.45, 7) is 2.60. The Balaban J connectivity index is 1.46. The van der Waals surface area contributed by atoms with E-state index in [9.17, 15) is 14.3 Å². The molecule has 37 heavy (non-hydrogen) atoms. The zero-order chi connectivity index (χ0) is 25.8. The summed E-state index contributed by atoms with van der Waals surface area (Å²) in [5, 5.41) is 9.50. The van der Waals surface area contributed by atoms with Gasteiger partial charge in [0.05, 0.1) is 12.6 Å². The van der Waals surface area contributed by atoms with E-state index >= 15 is 0 Å². The third-order valence-corrected chi connectivity index (χ3v) is 7.68. The summed E-state index contributed by atoms with van der Waals surface area (Å²) in [6.07, 6.45) is 5.07. The second-order valence-corrected chi connectivity index (χ2v) is 10.2. The van der Waals surface area contributed by atoms with Gasteiger partial charge < -0.3 is 25.2 Å². The Morgan fingerprint density at radius 1 is 1.00 bits per heavy atom. The van der Waals surface area contributed by atoms with Crippen molar-refractivity contribution in [3.05, 3.63) is 83.2 Å². The molecule has 3 aromatic carbocycles. The van der Waals surface area contributed by atoms with Crippen LogP contribution >= 0.6 is 0 Å². The van der Waals surface area contributed by atoms with E-state index in [1.54, 1.807) is 0 Å². The quantitative estimate of drug-likeness (QED) is 0.373. The van der Waals surface area contributed by atoms with E-state index in [1.165, 1.54) is 37.8 Å². The second-order valence-electron chi connectivity index (χ2n) is 10.2. The first-order valence-electron chi connectivity index (χ1n) is 12.8. The Bertz CT molecular complexity index is 1250. The molecule has 1 saturated heterocycles. The molecule has 0 radical (unpaired) electrons. The topological polar surface area (TPSA) is 85.0 Å². The van der Waals surface area contributed by atoms with Gasteiger partial charge in [-0.2, -0.15) is 0 Å². The number of para-hydroxylation sites is 1. The summed E-state index contributed by atoms with van der Waals surface area (Å²) in [5.74, 6) is 0.254. The summed E-state index contributed by atoms with van der Waals surface area (Å²) < 4.78 is 25.7. The van der Waals surface area contributed by atoms with Crippen LogP contribution in [0.1, 0.15) is 48.4 Å². The van der Waals surface area contributed by atoms with Gasteiger partial charge in [-0.1, -0.05) is 18.2 Å². The minimum absolute atomic E-state index is 0.137. The van der Waals surface area contributed by atoms with E-state index in [0.29, 0.717) is 35.4 Å². The number of nitrogens with two attached hydrogens (primary N) is 1. The lowest BCUT2D eigenvalue weighted by atomic mass is 9.92. The van der Waals surface area contributed by atoms with Crippen LogP contribution in [0, 0.1) is 11.2 Å². The number of anilines is 1. The number of hydrogen-bond donors (Lipinski definition) is 2. The highest BCUT2D eigenvalue weighted by molar-refractivity contribution is 5.71. The van der Waals surface area contributed by atoms with Crippen LogP contribution in [0.5, 0.6) is 5.75 Å². The summed E-state index contributed by atoms with van der Waals surface area (Å²) in [4.78, 5) is 13.1. The molecule has 1 atom stereocenters. The third-order valence-electron chi connectivity index (χ3n) is 7.68. The largest absolute Gasteiger partial charge is 0.488 e. The van der Waals surface area contributed by atoms with Crippen LogP contribution in [0.4, 0.5) is 10.1 Å². The van der Waals surface area contributed by atoms with Crippen molar-refractivity contribution in [3.63, 3.8) is 0 Å². The van der Waals surface area contributed by atoms with Crippen LogP contribution in [0.15, 0.2) is 60.7 Å². The summed E-state index contributed by atoms with van der Waals surface area (Å²) in [6, 6.07) is 17.8. The van der Waals surface area contributed by atoms with E-state index in [-0.39, 0.29) is 13.2 Å². The summed E-state index contributed by atoms with van der Waals surface area (Å²) in [7, 11) is 0. The predicted molar refractivity (Wildman–Crippen MR) is 141 cm³/mol. The van der Waals surface area contributed by atoms with Gasteiger partial charge in [0.15, 0.2) is 0 Å². The Morgan fingerprint density at radius 3 is 2.49 bits per heavy atom. The fraction of sp³-hybridized carbons (Fsp3) is 0.367. The highest BCUT2D eigenvalue weighted by Crippen LogP contribution is 2.54. The van der Waals surface area contributed by atoms with Crippen LogP contribution in [0.25, 0.3) is 11.1 Å². The number of hydrogen-bond acceptors (Lipinski definition) is 6. The van der Waals surface area contributed by atoms with Gasteiger partial charge in [0.25, 0.3) is 6.47 Å². The molecule has 0 bridgehead atoms. The van der Waals surface area contributed by atoms with Gasteiger partial charge >= 0.3 is 0 Å². The minimum atomic E-state index is -0.651. The van der Waals surface area contributed by atoms with Crippen LogP contribution in [-0.4, -0.2) is 31.3 Å². The number of piperidine rings is 1. The molecule has 2 aliphatic rings. The monoisotopic (exact) mass is 504 g/mol. The Labute approximate surface area is 216 Å². The molecule has 0 unspecified atom stereocenters. The molecule has 1 aliphatic carbocycles. The van der Waals surface area contributed by atoms with Crippen LogP contribution in [-0.2, 0) is 22.7 Å². The van der Waals surface area contributed by atoms with E-state index < -0.39 is 11.9 Å². The van der Waals surface area contributed by atoms with Crippen molar-refractivity contribution in [2.24, 2.45) is 11.1 Å². The van der Waals surface area contributed by atoms with Crippen molar-refractivity contribution >= 4 is 12.2 Å². The van der Waals surface area contributed by atoms with E-state index in [2.05, 4.69) is 17.0 Å². The van der Waals surface area contributed by atoms with Gasteiger partial charge in [-0.25, -0.2) is 4.39 Å². The van der Waals surface area contributed by atoms with Gasteiger partial charge in [-0.15, -0.1) is 0 Å². The van der Waals surface area contributed by atoms with Gasteiger partial charge in [-0.3, -0.25) is 4.79 Å². The van der Waals surface area contributed by atoms with Crippen molar-refractivity contribution in [1.29, 1.82) is 0 Å². The molecule has 6 nitrogen and oxygen atoms in total. The lowest BCUT2D eigenvalue weighted by Gasteiger charge is -2.34. The molecule has 1 saturated carbocycles. The zero-order valence-corrected chi connectivity index (χ0v) is 20.9. The first kappa shape index (κ1) is 25.2. The minimum Gasteiger partial charge on any atom is -0.488 e. The van der Waals surface area contributed by atoms with Crippen LogP contribution in [0.2, 0.25) is 0 Å². The summed E-state index contributed by atoms with van der Waals surface area (Å²) in [5.41, 5.74) is 11.5. The number of nitrogens with zero attached hydrogens (tertiary/aromatic N) is 1. The van der Waals surface area contributed by atoms with E-state index in [0.717, 1.165) is 35.5 Å². The maximum atomic E-state index is 14.6. The van der Waals surface area contributed by atoms with Crippen LogP contribution < -0.4 is 15.4 Å². The number of carbonyl (C=O) groups is 1. The lowest BCUT2D eigenvalue weighted by Crippen LogP contribution is -2.34. The van der Waals surface area contributed by atoms with Crippen molar-refractivity contribution in [2.75, 3.05) is 24.6 Å². The molecule has 3 N–H and O–H groups in total. The molecule has 5 rings (SSSR count). The zero-order valence-electron chi connectivity index (χ0n) is 20.9. The molecule has 0 amide bonds. The molecule has 0 aromatic heterocycles. The molecule has 1 heterocycles. The molecule has 194 valence electrons. The maximum Gasteiger partial charge on any atom is 0.293 e. The number of halogens is 1. The Hall–Kier alpha value is -3.42. The van der Waals surface area contributed by atoms with Crippen molar-refractivity contribution in [3.8, 4) is 16.9 Å². The predicted octanol–water partition coefficient (Wildman–Crippen LogP) is 5.12. The van der Waals surface area contributed by atoms with Gasteiger partial charge in [0.2, 0.25) is 0 Å². The normalized spacial score (nSPS) is 16.9. The van der Waals surface area contributed by atoms with Crippen molar-refractivity contribution in [2.45, 2.75) is 44.9 Å². The number of aliphatic hydroxyl groups excluding tert-OH is 1. The average Bonchev–Trinajstić information content (AvgIpc) is 3.69. The van der Waals surface area contributed by atoms with Crippen molar-refractivity contribution in [1.82, 2.24) is 0 Å². The number of benzene rings is 3. The lowest BCUT2D eigenvalue weighted by molar-refractivity contribution is -0.129. The summed E-state index contributed by atoms with van der Waals surface area (Å²) >= 11 is 0. The third kappa shape index (κ3) is 5.95. The average molecular weight is 505 g/mol. The Kier molecular flexibility index (Phi) is 7.44. The fourth-order valence-corrected chi connectivity index (χ4v) is 5.17. The molecular weight excluding hydrogens is 471 g/mol. The standard InChI is InChI=1S/C30H33FN2O4/c31-26-14-24(13-25(15-26)28(32)17-34)23-11-21(18-37-29-4-2-1-3-22(29)19-36-20-35)12-27(16-23)33-9-7-30(5-6-30)8-10-33/h1-4,11-16,20,28,34H,5-10,17-19,32H2/t28-/m0/s1. The van der Waals surface area contributed by atoms with Crippen molar-refractivity contribution < 1.29 is 23.8 Å². The molecule has 1 spiro atoms. The molecule has 1 aliphatic heterocycles. The molecular formula is C30H33FN2O4. The molecule has 2 fully saturated rings. The molecule has 3 aromatic rings. The Morgan fingerprint density at radius 2 is 1.76 bits per heavy atom. The number of ether oxygens (including phenoxy) is 2. The first-order chi connectivity index (χ1) is 18.0. The number of carbonyl (C=O) groups excluding carboxylic acids is 1. The highest BCUT2D eigenvalue weighted by atomic mass is 19.1. The van der Waals surface area contributed by atoms with Gasteiger partial charge in [0, 0.05) is 24.3 Å². The SMILES string of the molecule is N[C@@H](CO)c1cc(F)cc(-c2cc(COc3ccccc3COC=O)cc(N3CCC4(CC3)CC4)c2)c1. The van der Waals surface area contributed by atoms with Crippen LogP contribution in [0.3, 0.4) is 0 Å². The van der Waals surface area contributed by atoms with E-state index in [4.69, 9.17) is 15.2 Å². The van der Waals surface area contributed by atoms with Gasteiger partial charge in [0.1, 0.15) is 24.8 Å². The molecule has 7 heteroatoms. The second kappa shape index (κ2) is 10.9. The fourth-order valence-electron chi connectivity index (χ4n) is 5.17. The number of aliphatic hydroxyl groups is 1. The highest BCUT2D eigenvalue weighted by Gasteiger charge is 2.44. The number of rotatable bonds is 10. The van der Waals surface area contributed by atoms with Gasteiger partial charge in [-0.05, 0) is 95.8 Å². The van der Waals surface area contributed by atoms with E-state index in [1.807, 2.05) is 36.4 Å². The smallest absolute Gasteiger partial charge is 0.293 e. The first-order valence-corrected chi connectivity index (χ1v) is 12.8.